The van der Waals surface area contributed by atoms with E-state index in [0.29, 0.717) is 0 Å². The third-order valence-corrected chi connectivity index (χ3v) is 4.50. The van der Waals surface area contributed by atoms with E-state index in [0.717, 1.165) is 18.4 Å². The third kappa shape index (κ3) is 2.69. The van der Waals surface area contributed by atoms with Gasteiger partial charge in [0.25, 0.3) is 0 Å². The molecule has 1 N–H and O–H groups in total. The minimum Gasteiger partial charge on any atom is -0.384 e. The zero-order valence-electron chi connectivity index (χ0n) is 11.4. The largest absolute Gasteiger partial charge is 0.384 e. The Morgan fingerprint density at radius 1 is 1.22 bits per heavy atom. The summed E-state index contributed by atoms with van der Waals surface area (Å²) in [4.78, 5) is 2.67. The first kappa shape index (κ1) is 12.0. The molecule has 0 bridgehead atoms. The van der Waals surface area contributed by atoms with Crippen molar-refractivity contribution < 1.29 is 0 Å². The van der Waals surface area contributed by atoms with Gasteiger partial charge in [-0.2, -0.15) is 0 Å². The van der Waals surface area contributed by atoms with Crippen molar-refractivity contribution in [1.29, 1.82) is 0 Å². The van der Waals surface area contributed by atoms with Gasteiger partial charge in [0.2, 0.25) is 0 Å². The summed E-state index contributed by atoms with van der Waals surface area (Å²) in [5, 5.41) is 3.58. The SMILES string of the molecule is CC1CCN(CC2CNc3ccccc3C2)CC1. The molecule has 2 aliphatic heterocycles. The number of hydrogen-bond donors (Lipinski definition) is 1. The number of likely N-dealkylation sites (tertiary alicyclic amines) is 1. The Morgan fingerprint density at radius 3 is 2.83 bits per heavy atom. The molecule has 0 radical (unpaired) electrons. The highest BCUT2D eigenvalue weighted by molar-refractivity contribution is 5.53. The maximum atomic E-state index is 3.58. The second-order valence-electron chi connectivity index (χ2n) is 6.09. The van der Waals surface area contributed by atoms with Crippen molar-refractivity contribution in [3.05, 3.63) is 29.8 Å². The Morgan fingerprint density at radius 2 is 2.00 bits per heavy atom. The fourth-order valence-corrected chi connectivity index (χ4v) is 3.25. The minimum absolute atomic E-state index is 0.785. The van der Waals surface area contributed by atoms with Gasteiger partial charge in [-0.25, -0.2) is 0 Å². The van der Waals surface area contributed by atoms with Crippen LogP contribution in [0, 0.1) is 11.8 Å². The number of nitrogens with one attached hydrogen (secondary N) is 1. The van der Waals surface area contributed by atoms with E-state index in [-0.39, 0.29) is 0 Å². The summed E-state index contributed by atoms with van der Waals surface area (Å²) in [6, 6.07) is 8.75. The number of benzene rings is 1. The molecule has 3 rings (SSSR count). The zero-order chi connectivity index (χ0) is 12.4. The third-order valence-electron chi connectivity index (χ3n) is 4.50. The Hall–Kier alpha value is -1.02. The van der Waals surface area contributed by atoms with Gasteiger partial charge in [0, 0.05) is 18.8 Å². The highest BCUT2D eigenvalue weighted by atomic mass is 15.1. The molecule has 18 heavy (non-hydrogen) atoms. The summed E-state index contributed by atoms with van der Waals surface area (Å²) in [6.45, 7) is 7.41. The molecule has 2 heteroatoms. The highest BCUT2D eigenvalue weighted by Crippen LogP contribution is 2.25. The number of fused-ring (bicyclic) bond motifs is 1. The molecular formula is C16H24N2. The van der Waals surface area contributed by atoms with Crippen LogP contribution in [0.2, 0.25) is 0 Å². The monoisotopic (exact) mass is 244 g/mol. The molecule has 1 atom stereocenters. The molecule has 2 heterocycles. The summed E-state index contributed by atoms with van der Waals surface area (Å²) < 4.78 is 0. The van der Waals surface area contributed by atoms with Crippen LogP contribution in [0.1, 0.15) is 25.3 Å². The molecule has 0 aliphatic carbocycles. The summed E-state index contributed by atoms with van der Waals surface area (Å²) in [5.41, 5.74) is 2.85. The lowest BCUT2D eigenvalue weighted by atomic mass is 9.92. The van der Waals surface area contributed by atoms with Gasteiger partial charge in [-0.15, -0.1) is 0 Å². The van der Waals surface area contributed by atoms with Gasteiger partial charge in [0.1, 0.15) is 0 Å². The van der Waals surface area contributed by atoms with Gasteiger partial charge in [-0.1, -0.05) is 25.1 Å². The zero-order valence-corrected chi connectivity index (χ0v) is 11.4. The lowest BCUT2D eigenvalue weighted by molar-refractivity contribution is 0.168. The van der Waals surface area contributed by atoms with Crippen molar-refractivity contribution in [2.24, 2.45) is 11.8 Å². The Labute approximate surface area is 110 Å². The van der Waals surface area contributed by atoms with Gasteiger partial charge in [-0.05, 0) is 55.8 Å². The average Bonchev–Trinajstić information content (AvgIpc) is 2.41. The van der Waals surface area contributed by atoms with Gasteiger partial charge in [-0.3, -0.25) is 0 Å². The molecule has 1 saturated heterocycles. The Balaban J connectivity index is 1.56. The van der Waals surface area contributed by atoms with Crippen LogP contribution in [-0.4, -0.2) is 31.1 Å². The molecule has 98 valence electrons. The van der Waals surface area contributed by atoms with Gasteiger partial charge >= 0.3 is 0 Å². The van der Waals surface area contributed by atoms with Gasteiger partial charge < -0.3 is 10.2 Å². The second-order valence-corrected chi connectivity index (χ2v) is 6.09. The molecule has 0 amide bonds. The predicted molar refractivity (Wildman–Crippen MR) is 77.0 cm³/mol. The van der Waals surface area contributed by atoms with Crippen molar-refractivity contribution in [2.45, 2.75) is 26.2 Å². The molecule has 1 fully saturated rings. The topological polar surface area (TPSA) is 15.3 Å². The molecule has 1 aromatic carbocycles. The summed E-state index contributed by atoms with van der Waals surface area (Å²) in [6.07, 6.45) is 4.02. The summed E-state index contributed by atoms with van der Waals surface area (Å²) >= 11 is 0. The summed E-state index contributed by atoms with van der Waals surface area (Å²) in [5.74, 6) is 1.72. The van der Waals surface area contributed by atoms with Crippen molar-refractivity contribution in [3.63, 3.8) is 0 Å². The first-order valence-electron chi connectivity index (χ1n) is 7.35. The van der Waals surface area contributed by atoms with E-state index in [4.69, 9.17) is 0 Å². The van der Waals surface area contributed by atoms with E-state index in [1.165, 1.54) is 50.1 Å². The molecule has 2 aliphatic rings. The number of nitrogens with zero attached hydrogens (tertiary/aromatic N) is 1. The average molecular weight is 244 g/mol. The number of piperidine rings is 1. The molecule has 1 aromatic rings. The number of anilines is 1. The maximum absolute atomic E-state index is 3.58. The van der Waals surface area contributed by atoms with Crippen LogP contribution in [0.4, 0.5) is 5.69 Å². The van der Waals surface area contributed by atoms with E-state index in [1.54, 1.807) is 0 Å². The molecular weight excluding hydrogens is 220 g/mol. The molecule has 2 nitrogen and oxygen atoms in total. The van der Waals surface area contributed by atoms with Crippen molar-refractivity contribution in [3.8, 4) is 0 Å². The van der Waals surface area contributed by atoms with Crippen LogP contribution in [0.15, 0.2) is 24.3 Å². The van der Waals surface area contributed by atoms with E-state index < -0.39 is 0 Å². The number of hydrogen-bond acceptors (Lipinski definition) is 2. The number of rotatable bonds is 2. The van der Waals surface area contributed by atoms with Crippen LogP contribution < -0.4 is 5.32 Å². The van der Waals surface area contributed by atoms with Gasteiger partial charge in [0.15, 0.2) is 0 Å². The first-order valence-corrected chi connectivity index (χ1v) is 7.35. The van der Waals surface area contributed by atoms with Crippen LogP contribution >= 0.6 is 0 Å². The fourth-order valence-electron chi connectivity index (χ4n) is 3.25. The molecule has 0 saturated carbocycles. The van der Waals surface area contributed by atoms with E-state index in [9.17, 15) is 0 Å². The molecule has 0 aromatic heterocycles. The minimum atomic E-state index is 0.785. The highest BCUT2D eigenvalue weighted by Gasteiger charge is 2.22. The van der Waals surface area contributed by atoms with E-state index >= 15 is 0 Å². The van der Waals surface area contributed by atoms with Crippen LogP contribution in [0.3, 0.4) is 0 Å². The van der Waals surface area contributed by atoms with E-state index in [2.05, 4.69) is 41.4 Å². The predicted octanol–water partition coefficient (Wildman–Crippen LogP) is 3.00. The van der Waals surface area contributed by atoms with Crippen LogP contribution in [0.25, 0.3) is 0 Å². The lowest BCUT2D eigenvalue weighted by Crippen LogP contribution is -2.40. The van der Waals surface area contributed by atoms with Crippen LogP contribution in [-0.2, 0) is 6.42 Å². The first-order chi connectivity index (χ1) is 8.81. The normalized spacial score (nSPS) is 25.5. The second kappa shape index (κ2) is 5.31. The lowest BCUT2D eigenvalue weighted by Gasteiger charge is -2.35. The smallest absolute Gasteiger partial charge is 0.0372 e. The number of para-hydroxylation sites is 1. The summed E-state index contributed by atoms with van der Waals surface area (Å²) in [7, 11) is 0. The van der Waals surface area contributed by atoms with E-state index in [1.807, 2.05) is 0 Å². The van der Waals surface area contributed by atoms with Crippen molar-refractivity contribution >= 4 is 5.69 Å². The van der Waals surface area contributed by atoms with Gasteiger partial charge in [0.05, 0.1) is 0 Å². The van der Waals surface area contributed by atoms with Crippen molar-refractivity contribution in [1.82, 2.24) is 4.90 Å². The van der Waals surface area contributed by atoms with Crippen LogP contribution in [0.5, 0.6) is 0 Å². The Bertz CT molecular complexity index is 394. The standard InChI is InChI=1S/C16H24N2/c1-13-6-8-18(9-7-13)12-14-10-15-4-2-3-5-16(15)17-11-14/h2-5,13-14,17H,6-12H2,1H3. The van der Waals surface area contributed by atoms with Crippen molar-refractivity contribution in [2.75, 3.05) is 31.5 Å². The molecule has 0 spiro atoms. The Kier molecular flexibility index (Phi) is 3.55. The maximum Gasteiger partial charge on any atom is 0.0372 e. The fraction of sp³-hybridized carbons (Fsp3) is 0.625. The molecule has 1 unspecified atom stereocenters. The quantitative estimate of drug-likeness (QED) is 0.860.